The number of rotatable bonds is 3. The van der Waals surface area contributed by atoms with Crippen LogP contribution in [-0.2, 0) is 24.3 Å². The number of hydrogen-bond acceptors (Lipinski definition) is 4. The average Bonchev–Trinajstić information content (AvgIpc) is 3.13. The monoisotopic (exact) mass is 369 g/mol. The van der Waals surface area contributed by atoms with Crippen molar-refractivity contribution in [3.63, 3.8) is 0 Å². The van der Waals surface area contributed by atoms with Crippen LogP contribution in [-0.4, -0.2) is 33.5 Å². The van der Waals surface area contributed by atoms with Gasteiger partial charge in [-0.25, -0.2) is 5.48 Å². The van der Waals surface area contributed by atoms with Crippen molar-refractivity contribution in [2.75, 3.05) is 7.05 Å². The van der Waals surface area contributed by atoms with Crippen molar-refractivity contribution in [3.8, 4) is 0 Å². The maximum Gasteiger partial charge on any atom is 0.274 e. The number of hydroxylamine groups is 1. The third-order valence-electron chi connectivity index (χ3n) is 4.87. The number of nitrogens with zero attached hydrogens (tertiary/aromatic N) is 2. The van der Waals surface area contributed by atoms with Gasteiger partial charge in [0.1, 0.15) is 0 Å². The highest BCUT2D eigenvalue weighted by molar-refractivity contribution is 7.19. The number of benzene rings is 1. The molecule has 4 rings (SSSR count). The van der Waals surface area contributed by atoms with E-state index in [0.29, 0.717) is 25.1 Å². The third-order valence-corrected chi connectivity index (χ3v) is 5.97. The Hall–Kier alpha value is -2.64. The number of aromatic nitrogens is 1. The summed E-state index contributed by atoms with van der Waals surface area (Å²) in [6.45, 7) is 3.37. The van der Waals surface area contributed by atoms with Crippen molar-refractivity contribution in [1.82, 2.24) is 14.9 Å². The molecule has 134 valence electrons. The summed E-state index contributed by atoms with van der Waals surface area (Å²) in [4.78, 5) is 26.6. The van der Waals surface area contributed by atoms with Gasteiger partial charge in [-0.1, -0.05) is 12.1 Å². The van der Waals surface area contributed by atoms with E-state index >= 15 is 0 Å². The highest BCUT2D eigenvalue weighted by Gasteiger charge is 2.28. The number of carbonyl (C=O) groups is 2. The van der Waals surface area contributed by atoms with Gasteiger partial charge in [-0.15, -0.1) is 11.3 Å². The van der Waals surface area contributed by atoms with E-state index in [1.54, 1.807) is 33.8 Å². The van der Waals surface area contributed by atoms with E-state index in [9.17, 15) is 9.59 Å². The molecule has 0 bridgehead atoms. The SMILES string of the molecule is Cc1cc2c(s1)c1c(n2Cc2ccc(C(=O)NO)cc2)CN(C)C(=O)C1. The molecule has 0 atom stereocenters. The van der Waals surface area contributed by atoms with Gasteiger partial charge in [0, 0.05) is 35.3 Å². The van der Waals surface area contributed by atoms with E-state index in [1.807, 2.05) is 19.2 Å². The molecule has 2 aromatic heterocycles. The fourth-order valence-electron chi connectivity index (χ4n) is 3.51. The summed E-state index contributed by atoms with van der Waals surface area (Å²) in [5.74, 6) is -0.368. The molecule has 0 unspecified atom stereocenters. The second-order valence-corrected chi connectivity index (χ2v) is 7.90. The van der Waals surface area contributed by atoms with Crippen LogP contribution in [0.1, 0.15) is 32.1 Å². The Morgan fingerprint density at radius 2 is 2.04 bits per heavy atom. The zero-order valence-corrected chi connectivity index (χ0v) is 15.4. The van der Waals surface area contributed by atoms with Crippen molar-refractivity contribution in [1.29, 1.82) is 0 Å². The van der Waals surface area contributed by atoms with E-state index in [0.717, 1.165) is 16.6 Å². The van der Waals surface area contributed by atoms with Gasteiger partial charge in [0.2, 0.25) is 5.91 Å². The Morgan fingerprint density at radius 3 is 2.73 bits per heavy atom. The van der Waals surface area contributed by atoms with Crippen LogP contribution in [0.2, 0.25) is 0 Å². The molecule has 2 N–H and O–H groups in total. The Labute approximate surface area is 154 Å². The molecule has 0 fully saturated rings. The van der Waals surface area contributed by atoms with Crippen LogP contribution >= 0.6 is 11.3 Å². The van der Waals surface area contributed by atoms with E-state index in [1.165, 1.54) is 15.3 Å². The standard InChI is InChI=1S/C19H19N3O3S/c1-11-7-15-18(26-11)14-8-17(23)21(2)10-16(14)22(15)9-12-3-5-13(6-4-12)19(24)20-25/h3-7,25H,8-10H2,1-2H3,(H,20,24). The van der Waals surface area contributed by atoms with Crippen LogP contribution in [0, 0.1) is 6.92 Å². The second-order valence-electron chi connectivity index (χ2n) is 6.65. The van der Waals surface area contributed by atoms with Crippen molar-refractivity contribution >= 4 is 33.4 Å². The van der Waals surface area contributed by atoms with Crippen molar-refractivity contribution < 1.29 is 14.8 Å². The highest BCUT2D eigenvalue weighted by atomic mass is 32.1. The van der Waals surface area contributed by atoms with Crippen LogP contribution in [0.5, 0.6) is 0 Å². The molecule has 6 nitrogen and oxygen atoms in total. The largest absolute Gasteiger partial charge is 0.340 e. The molecule has 0 saturated carbocycles. The average molecular weight is 369 g/mol. The molecule has 0 radical (unpaired) electrons. The number of hydrogen-bond donors (Lipinski definition) is 2. The minimum Gasteiger partial charge on any atom is -0.340 e. The fourth-order valence-corrected chi connectivity index (χ4v) is 4.59. The number of likely N-dealkylation sites (N-methyl/N-ethyl adjacent to an activating group) is 1. The van der Waals surface area contributed by atoms with Crippen LogP contribution < -0.4 is 5.48 Å². The fraction of sp³-hybridized carbons (Fsp3) is 0.263. The van der Waals surface area contributed by atoms with Crippen molar-refractivity contribution in [2.45, 2.75) is 26.4 Å². The normalized spacial score (nSPS) is 14.0. The summed E-state index contributed by atoms with van der Waals surface area (Å²) in [5.41, 5.74) is 6.61. The second kappa shape index (κ2) is 6.26. The number of fused-ring (bicyclic) bond motifs is 3. The summed E-state index contributed by atoms with van der Waals surface area (Å²) in [7, 11) is 1.84. The predicted octanol–water partition coefficient (Wildman–Crippen LogP) is 2.69. The molecule has 1 aliphatic heterocycles. The number of thiophene rings is 1. The summed E-state index contributed by atoms with van der Waals surface area (Å²) < 4.78 is 3.48. The van der Waals surface area contributed by atoms with Crippen molar-refractivity contribution in [2.24, 2.45) is 0 Å². The first-order chi connectivity index (χ1) is 12.5. The highest BCUT2D eigenvalue weighted by Crippen LogP contribution is 2.36. The Balaban J connectivity index is 1.75. The lowest BCUT2D eigenvalue weighted by atomic mass is 10.1. The van der Waals surface area contributed by atoms with Crippen LogP contribution in [0.4, 0.5) is 0 Å². The molecule has 1 aromatic carbocycles. The molecular formula is C19H19N3O3S. The van der Waals surface area contributed by atoms with Gasteiger partial charge in [0.15, 0.2) is 0 Å². The number of aryl methyl sites for hydroxylation is 1. The van der Waals surface area contributed by atoms with Gasteiger partial charge in [-0.05, 0) is 30.7 Å². The van der Waals surface area contributed by atoms with E-state index in [2.05, 4.69) is 17.6 Å². The number of carbonyl (C=O) groups excluding carboxylic acids is 2. The number of nitrogens with one attached hydrogen (secondary N) is 1. The molecule has 7 heteroatoms. The summed E-state index contributed by atoms with van der Waals surface area (Å²) in [5, 5.41) is 8.73. The zero-order chi connectivity index (χ0) is 18.4. The van der Waals surface area contributed by atoms with Gasteiger partial charge in [-0.3, -0.25) is 14.8 Å². The summed E-state index contributed by atoms with van der Waals surface area (Å²) in [6.07, 6.45) is 0.449. The maximum atomic E-state index is 12.2. The molecule has 0 spiro atoms. The zero-order valence-electron chi connectivity index (χ0n) is 14.6. The minimum atomic E-state index is -0.522. The Kier molecular flexibility index (Phi) is 4.05. The maximum absolute atomic E-state index is 12.2. The van der Waals surface area contributed by atoms with Gasteiger partial charge in [0.25, 0.3) is 5.91 Å². The van der Waals surface area contributed by atoms with Crippen LogP contribution in [0.15, 0.2) is 30.3 Å². The summed E-state index contributed by atoms with van der Waals surface area (Å²) >= 11 is 1.74. The Morgan fingerprint density at radius 1 is 1.31 bits per heavy atom. The molecule has 1 aliphatic rings. The van der Waals surface area contributed by atoms with Crippen LogP contribution in [0.3, 0.4) is 0 Å². The first kappa shape index (κ1) is 16.8. The lowest BCUT2D eigenvalue weighted by Gasteiger charge is -2.25. The molecule has 0 aliphatic carbocycles. The molecule has 26 heavy (non-hydrogen) atoms. The predicted molar refractivity (Wildman–Crippen MR) is 99.5 cm³/mol. The Bertz CT molecular complexity index is 1020. The van der Waals surface area contributed by atoms with E-state index in [4.69, 9.17) is 5.21 Å². The molecule has 0 saturated heterocycles. The van der Waals surface area contributed by atoms with Gasteiger partial charge >= 0.3 is 0 Å². The quantitative estimate of drug-likeness (QED) is 0.551. The topological polar surface area (TPSA) is 74.6 Å². The lowest BCUT2D eigenvalue weighted by Crippen LogP contribution is -2.33. The minimum absolute atomic E-state index is 0.155. The van der Waals surface area contributed by atoms with Gasteiger partial charge < -0.3 is 9.47 Å². The van der Waals surface area contributed by atoms with Crippen molar-refractivity contribution in [3.05, 3.63) is 57.6 Å². The molecule has 3 heterocycles. The van der Waals surface area contributed by atoms with E-state index in [-0.39, 0.29) is 5.91 Å². The van der Waals surface area contributed by atoms with E-state index < -0.39 is 5.91 Å². The first-order valence-corrected chi connectivity index (χ1v) is 9.17. The van der Waals surface area contributed by atoms with Crippen LogP contribution in [0.25, 0.3) is 10.2 Å². The van der Waals surface area contributed by atoms with Gasteiger partial charge in [0.05, 0.1) is 23.2 Å². The first-order valence-electron chi connectivity index (χ1n) is 8.35. The molecular weight excluding hydrogens is 350 g/mol. The number of amides is 2. The van der Waals surface area contributed by atoms with Gasteiger partial charge in [-0.2, -0.15) is 0 Å². The molecule has 2 amide bonds. The smallest absolute Gasteiger partial charge is 0.274 e. The summed E-state index contributed by atoms with van der Waals surface area (Å²) in [6, 6.07) is 9.35. The third kappa shape index (κ3) is 2.69. The lowest BCUT2D eigenvalue weighted by molar-refractivity contribution is -0.130. The molecule has 3 aromatic rings.